The van der Waals surface area contributed by atoms with Crippen molar-refractivity contribution in [2.24, 2.45) is 11.8 Å². The maximum Gasteiger partial charge on any atom is 0.138 e. The van der Waals surface area contributed by atoms with Gasteiger partial charge in [0.2, 0.25) is 0 Å². The standard InChI is InChI=1S/C17H21ClN4O/c1-11(23)17-21-14-9-20-16(18)8-15(14)22(17)10-13-4-2-12(3-5-13)6-7-19/h8-9,11-13,23H,2-6,10H2,1H3. The Kier molecular flexibility index (Phi) is 4.84. The van der Waals surface area contributed by atoms with Crippen LogP contribution in [0.2, 0.25) is 5.15 Å². The number of halogens is 1. The molecule has 1 unspecified atom stereocenters. The first-order valence-corrected chi connectivity index (χ1v) is 8.53. The molecule has 1 saturated carbocycles. The topological polar surface area (TPSA) is 74.7 Å². The van der Waals surface area contributed by atoms with Crippen molar-refractivity contribution in [1.82, 2.24) is 14.5 Å². The van der Waals surface area contributed by atoms with Crippen LogP contribution in [0.3, 0.4) is 0 Å². The molecule has 6 heteroatoms. The van der Waals surface area contributed by atoms with Gasteiger partial charge in [-0.1, -0.05) is 11.6 Å². The minimum absolute atomic E-state index is 0.438. The van der Waals surface area contributed by atoms with Crippen LogP contribution in [0.15, 0.2) is 12.3 Å². The monoisotopic (exact) mass is 332 g/mol. The van der Waals surface area contributed by atoms with Gasteiger partial charge in [0.05, 0.1) is 17.8 Å². The molecule has 0 radical (unpaired) electrons. The molecule has 0 spiro atoms. The Morgan fingerprint density at radius 1 is 1.39 bits per heavy atom. The summed E-state index contributed by atoms with van der Waals surface area (Å²) >= 11 is 6.03. The van der Waals surface area contributed by atoms with Crippen LogP contribution in [-0.2, 0) is 6.54 Å². The molecular formula is C17H21ClN4O. The number of pyridine rings is 1. The molecule has 0 bridgehead atoms. The van der Waals surface area contributed by atoms with Crippen molar-refractivity contribution in [2.45, 2.75) is 51.7 Å². The number of aliphatic hydroxyl groups excluding tert-OH is 1. The van der Waals surface area contributed by atoms with E-state index in [1.807, 2.05) is 6.07 Å². The van der Waals surface area contributed by atoms with E-state index in [-0.39, 0.29) is 0 Å². The van der Waals surface area contributed by atoms with Gasteiger partial charge in [0, 0.05) is 19.0 Å². The highest BCUT2D eigenvalue weighted by molar-refractivity contribution is 6.29. The average molecular weight is 333 g/mol. The number of nitriles is 1. The Hall–Kier alpha value is -1.64. The van der Waals surface area contributed by atoms with E-state index in [1.54, 1.807) is 13.1 Å². The Bertz CT molecular complexity index is 726. The molecule has 1 atom stereocenters. The molecule has 0 aromatic carbocycles. The van der Waals surface area contributed by atoms with Crippen molar-refractivity contribution in [3.63, 3.8) is 0 Å². The number of fused-ring (bicyclic) bond motifs is 1. The molecule has 5 nitrogen and oxygen atoms in total. The second-order valence-electron chi connectivity index (χ2n) is 6.50. The number of hydrogen-bond acceptors (Lipinski definition) is 4. The minimum Gasteiger partial charge on any atom is -0.385 e. The van der Waals surface area contributed by atoms with Gasteiger partial charge in [0.1, 0.15) is 22.6 Å². The fourth-order valence-corrected chi connectivity index (χ4v) is 3.69. The molecule has 0 amide bonds. The van der Waals surface area contributed by atoms with Crippen molar-refractivity contribution < 1.29 is 5.11 Å². The van der Waals surface area contributed by atoms with Crippen LogP contribution in [0.25, 0.3) is 11.0 Å². The van der Waals surface area contributed by atoms with Crippen molar-refractivity contribution in [1.29, 1.82) is 5.26 Å². The highest BCUT2D eigenvalue weighted by Crippen LogP contribution is 2.33. The fourth-order valence-electron chi connectivity index (χ4n) is 3.54. The molecule has 1 N–H and O–H groups in total. The SMILES string of the molecule is CC(O)c1nc2cnc(Cl)cc2n1CC1CCC(CC#N)CC1. The lowest BCUT2D eigenvalue weighted by atomic mass is 9.80. The van der Waals surface area contributed by atoms with E-state index in [2.05, 4.69) is 20.6 Å². The molecule has 0 saturated heterocycles. The van der Waals surface area contributed by atoms with Gasteiger partial charge in [0.25, 0.3) is 0 Å². The summed E-state index contributed by atoms with van der Waals surface area (Å²) in [6, 6.07) is 4.10. The molecule has 122 valence electrons. The average Bonchev–Trinajstić information content (AvgIpc) is 2.88. The molecule has 2 aromatic heterocycles. The summed E-state index contributed by atoms with van der Waals surface area (Å²) in [4.78, 5) is 8.59. The third-order valence-electron chi connectivity index (χ3n) is 4.79. The number of aliphatic hydroxyl groups is 1. The Labute approximate surface area is 140 Å². The van der Waals surface area contributed by atoms with Gasteiger partial charge in [-0.25, -0.2) is 9.97 Å². The first-order valence-electron chi connectivity index (χ1n) is 8.15. The van der Waals surface area contributed by atoms with Gasteiger partial charge in [0.15, 0.2) is 0 Å². The summed E-state index contributed by atoms with van der Waals surface area (Å²) in [5.41, 5.74) is 1.70. The molecule has 0 aliphatic heterocycles. The Balaban J connectivity index is 1.83. The first-order chi connectivity index (χ1) is 11.1. The number of hydrogen-bond donors (Lipinski definition) is 1. The molecule has 1 aliphatic rings. The lowest BCUT2D eigenvalue weighted by Crippen LogP contribution is -2.20. The van der Waals surface area contributed by atoms with Crippen LogP contribution in [0, 0.1) is 23.2 Å². The quantitative estimate of drug-likeness (QED) is 0.863. The molecule has 3 rings (SSSR count). The number of rotatable bonds is 4. The van der Waals surface area contributed by atoms with Crippen LogP contribution in [0.1, 0.15) is 51.0 Å². The fraction of sp³-hybridized carbons (Fsp3) is 0.588. The zero-order valence-electron chi connectivity index (χ0n) is 13.2. The summed E-state index contributed by atoms with van der Waals surface area (Å²) in [5, 5.41) is 19.3. The summed E-state index contributed by atoms with van der Waals surface area (Å²) in [6.07, 6.45) is 6.14. The lowest BCUT2D eigenvalue weighted by Gasteiger charge is -2.28. The van der Waals surface area contributed by atoms with Crippen LogP contribution >= 0.6 is 11.6 Å². The lowest BCUT2D eigenvalue weighted by molar-refractivity contribution is 0.178. The largest absolute Gasteiger partial charge is 0.385 e. The molecular weight excluding hydrogens is 312 g/mol. The van der Waals surface area contributed by atoms with Gasteiger partial charge in [-0.3, -0.25) is 0 Å². The smallest absolute Gasteiger partial charge is 0.138 e. The zero-order chi connectivity index (χ0) is 16.4. The van der Waals surface area contributed by atoms with E-state index in [1.165, 1.54) is 0 Å². The highest BCUT2D eigenvalue weighted by atomic mass is 35.5. The molecule has 1 fully saturated rings. The van der Waals surface area contributed by atoms with Gasteiger partial charge >= 0.3 is 0 Å². The third kappa shape index (κ3) is 3.49. The maximum absolute atomic E-state index is 10.0. The van der Waals surface area contributed by atoms with Crippen molar-refractivity contribution in [2.75, 3.05) is 0 Å². The highest BCUT2D eigenvalue weighted by Gasteiger charge is 2.24. The molecule has 23 heavy (non-hydrogen) atoms. The van der Waals surface area contributed by atoms with Crippen LogP contribution in [0.4, 0.5) is 0 Å². The van der Waals surface area contributed by atoms with Crippen LogP contribution in [-0.4, -0.2) is 19.6 Å². The number of imidazole rings is 1. The van der Waals surface area contributed by atoms with Crippen LogP contribution < -0.4 is 0 Å². The predicted molar refractivity (Wildman–Crippen MR) is 88.8 cm³/mol. The van der Waals surface area contributed by atoms with Crippen molar-refractivity contribution in [3.8, 4) is 6.07 Å². The second-order valence-corrected chi connectivity index (χ2v) is 6.89. The van der Waals surface area contributed by atoms with E-state index >= 15 is 0 Å². The van der Waals surface area contributed by atoms with E-state index in [0.717, 1.165) is 43.3 Å². The van der Waals surface area contributed by atoms with E-state index < -0.39 is 6.10 Å². The van der Waals surface area contributed by atoms with Gasteiger partial charge in [-0.2, -0.15) is 5.26 Å². The van der Waals surface area contributed by atoms with Gasteiger partial charge < -0.3 is 9.67 Å². The summed E-state index contributed by atoms with van der Waals surface area (Å²) in [5.74, 6) is 1.76. The second kappa shape index (κ2) is 6.86. The first kappa shape index (κ1) is 16.2. The summed E-state index contributed by atoms with van der Waals surface area (Å²) in [6.45, 7) is 2.56. The van der Waals surface area contributed by atoms with Crippen molar-refractivity contribution >= 4 is 22.6 Å². The Morgan fingerprint density at radius 2 is 2.09 bits per heavy atom. The van der Waals surface area contributed by atoms with E-state index in [0.29, 0.717) is 29.2 Å². The maximum atomic E-state index is 10.0. The van der Waals surface area contributed by atoms with E-state index in [9.17, 15) is 5.11 Å². The molecule has 2 aromatic rings. The van der Waals surface area contributed by atoms with E-state index in [4.69, 9.17) is 16.9 Å². The number of aromatic nitrogens is 3. The minimum atomic E-state index is -0.629. The molecule has 2 heterocycles. The number of nitrogens with zero attached hydrogens (tertiary/aromatic N) is 4. The predicted octanol–water partition coefficient (Wildman–Crippen LogP) is 3.86. The van der Waals surface area contributed by atoms with Crippen molar-refractivity contribution in [3.05, 3.63) is 23.2 Å². The normalized spacial score (nSPS) is 22.9. The van der Waals surface area contributed by atoms with Gasteiger partial charge in [-0.05, 0) is 44.4 Å². The summed E-state index contributed by atoms with van der Waals surface area (Å²) in [7, 11) is 0. The Morgan fingerprint density at radius 3 is 2.74 bits per heavy atom. The third-order valence-corrected chi connectivity index (χ3v) is 5.00. The zero-order valence-corrected chi connectivity index (χ0v) is 14.0. The summed E-state index contributed by atoms with van der Waals surface area (Å²) < 4.78 is 2.09. The molecule has 1 aliphatic carbocycles. The van der Waals surface area contributed by atoms with Crippen LogP contribution in [0.5, 0.6) is 0 Å². The van der Waals surface area contributed by atoms with Gasteiger partial charge in [-0.15, -0.1) is 0 Å².